The van der Waals surface area contributed by atoms with Crippen LogP contribution in [-0.2, 0) is 4.79 Å². The Bertz CT molecular complexity index is 379. The Hall–Kier alpha value is -1.44. The van der Waals surface area contributed by atoms with Gasteiger partial charge in [0, 0.05) is 18.8 Å². The molecule has 1 aliphatic carbocycles. The molecular weight excluding hydrogens is 162 g/mol. The van der Waals surface area contributed by atoms with Crippen molar-refractivity contribution in [3.63, 3.8) is 0 Å². The van der Waals surface area contributed by atoms with Crippen LogP contribution in [0.5, 0.6) is 0 Å². The molecule has 0 saturated carbocycles. The molecule has 2 rings (SSSR count). The van der Waals surface area contributed by atoms with Gasteiger partial charge in [-0.2, -0.15) is 0 Å². The summed E-state index contributed by atoms with van der Waals surface area (Å²) < 4.78 is 0. The maximum absolute atomic E-state index is 11.0. The van der Waals surface area contributed by atoms with E-state index in [1.165, 1.54) is 0 Å². The zero-order valence-electron chi connectivity index (χ0n) is 7.58. The maximum Gasteiger partial charge on any atom is 0.156 e. The van der Waals surface area contributed by atoms with Gasteiger partial charge in [-0.05, 0) is 42.2 Å². The molecule has 0 bridgehead atoms. The second kappa shape index (κ2) is 3.13. The number of aryl methyl sites for hydroxylation is 1. The quantitative estimate of drug-likeness (QED) is 0.651. The summed E-state index contributed by atoms with van der Waals surface area (Å²) in [4.78, 5) is 15.1. The number of aromatic nitrogens is 1. The van der Waals surface area contributed by atoms with Crippen molar-refractivity contribution in [3.05, 3.63) is 35.7 Å². The highest BCUT2D eigenvalue weighted by atomic mass is 16.1. The molecule has 13 heavy (non-hydrogen) atoms. The Balaban J connectivity index is 2.36. The van der Waals surface area contributed by atoms with Gasteiger partial charge in [-0.25, -0.2) is 0 Å². The Kier molecular flexibility index (Phi) is 1.97. The predicted octanol–water partition coefficient (Wildman–Crippen LogP) is 2.14. The summed E-state index contributed by atoms with van der Waals surface area (Å²) in [5.74, 6) is 0.233. The van der Waals surface area contributed by atoms with Crippen molar-refractivity contribution in [1.82, 2.24) is 4.98 Å². The van der Waals surface area contributed by atoms with Crippen LogP contribution in [0, 0.1) is 6.92 Å². The van der Waals surface area contributed by atoms with E-state index in [-0.39, 0.29) is 5.78 Å². The first-order valence-corrected chi connectivity index (χ1v) is 4.41. The molecule has 0 aromatic carbocycles. The van der Waals surface area contributed by atoms with Gasteiger partial charge in [-0.3, -0.25) is 9.78 Å². The summed E-state index contributed by atoms with van der Waals surface area (Å²) in [5, 5.41) is 0. The molecule has 0 fully saturated rings. The minimum atomic E-state index is 0.233. The average molecular weight is 173 g/mol. The molecular formula is C11H11NO. The fraction of sp³-hybridized carbons (Fsp3) is 0.273. The average Bonchev–Trinajstić information content (AvgIpc) is 2.52. The monoisotopic (exact) mass is 173 g/mol. The normalized spacial score (nSPS) is 16.1. The molecule has 1 aromatic rings. The molecule has 0 radical (unpaired) electrons. The predicted molar refractivity (Wildman–Crippen MR) is 51.2 cm³/mol. The molecule has 1 aromatic heterocycles. The first-order valence-electron chi connectivity index (χ1n) is 4.41. The molecule has 0 saturated heterocycles. The smallest absolute Gasteiger partial charge is 0.156 e. The number of allylic oxidation sites excluding steroid dienone is 2. The van der Waals surface area contributed by atoms with Gasteiger partial charge in [-0.1, -0.05) is 0 Å². The third kappa shape index (κ3) is 1.66. The van der Waals surface area contributed by atoms with Crippen molar-refractivity contribution in [3.8, 4) is 0 Å². The van der Waals surface area contributed by atoms with Crippen LogP contribution in [0.4, 0.5) is 0 Å². The number of hydrogen-bond donors (Lipinski definition) is 0. The van der Waals surface area contributed by atoms with E-state index in [1.54, 1.807) is 6.08 Å². The molecule has 0 atom stereocenters. The summed E-state index contributed by atoms with van der Waals surface area (Å²) in [7, 11) is 0. The SMILES string of the molecule is Cc1cncc(C2=CC(=O)CC2)c1. The topological polar surface area (TPSA) is 30.0 Å². The molecule has 0 spiro atoms. The molecule has 0 aliphatic heterocycles. The van der Waals surface area contributed by atoms with Crippen LogP contribution in [0.2, 0.25) is 0 Å². The highest BCUT2D eigenvalue weighted by Gasteiger charge is 2.13. The Morgan fingerprint density at radius 2 is 2.15 bits per heavy atom. The first kappa shape index (κ1) is 8.17. The summed E-state index contributed by atoms with van der Waals surface area (Å²) in [6.45, 7) is 2.01. The molecule has 2 nitrogen and oxygen atoms in total. The zero-order valence-corrected chi connectivity index (χ0v) is 7.58. The van der Waals surface area contributed by atoms with Crippen LogP contribution in [0.3, 0.4) is 0 Å². The van der Waals surface area contributed by atoms with Gasteiger partial charge in [0.05, 0.1) is 0 Å². The molecule has 0 amide bonds. The van der Waals surface area contributed by atoms with Crippen LogP contribution in [0.25, 0.3) is 5.57 Å². The third-order valence-electron chi connectivity index (χ3n) is 2.22. The van der Waals surface area contributed by atoms with Crippen LogP contribution >= 0.6 is 0 Å². The number of hydrogen-bond acceptors (Lipinski definition) is 2. The van der Waals surface area contributed by atoms with Gasteiger partial charge in [0.2, 0.25) is 0 Å². The van der Waals surface area contributed by atoms with E-state index < -0.39 is 0 Å². The van der Waals surface area contributed by atoms with Gasteiger partial charge in [-0.15, -0.1) is 0 Å². The van der Waals surface area contributed by atoms with E-state index >= 15 is 0 Å². The van der Waals surface area contributed by atoms with E-state index in [0.29, 0.717) is 6.42 Å². The Morgan fingerprint density at radius 3 is 2.77 bits per heavy atom. The zero-order chi connectivity index (χ0) is 9.26. The fourth-order valence-corrected chi connectivity index (χ4v) is 1.55. The molecule has 2 heteroatoms. The van der Waals surface area contributed by atoms with Crippen LogP contribution in [0.15, 0.2) is 24.5 Å². The largest absolute Gasteiger partial charge is 0.295 e. The summed E-state index contributed by atoms with van der Waals surface area (Å²) in [6, 6.07) is 2.07. The van der Waals surface area contributed by atoms with E-state index in [9.17, 15) is 4.79 Å². The van der Waals surface area contributed by atoms with Crippen LogP contribution < -0.4 is 0 Å². The van der Waals surface area contributed by atoms with E-state index in [4.69, 9.17) is 0 Å². The van der Waals surface area contributed by atoms with Crippen molar-refractivity contribution in [1.29, 1.82) is 0 Å². The highest BCUT2D eigenvalue weighted by molar-refractivity contribution is 6.01. The number of nitrogens with zero attached hydrogens (tertiary/aromatic N) is 1. The fourth-order valence-electron chi connectivity index (χ4n) is 1.55. The van der Waals surface area contributed by atoms with Crippen LogP contribution in [-0.4, -0.2) is 10.8 Å². The number of ketones is 1. The van der Waals surface area contributed by atoms with Gasteiger partial charge in [0.1, 0.15) is 0 Å². The maximum atomic E-state index is 11.0. The van der Waals surface area contributed by atoms with E-state index in [2.05, 4.69) is 11.1 Å². The van der Waals surface area contributed by atoms with E-state index in [0.717, 1.165) is 23.1 Å². The van der Waals surface area contributed by atoms with Gasteiger partial charge in [0.15, 0.2) is 5.78 Å². The lowest BCUT2D eigenvalue weighted by molar-refractivity contribution is -0.114. The lowest BCUT2D eigenvalue weighted by Crippen LogP contribution is -1.84. The van der Waals surface area contributed by atoms with Crippen LogP contribution in [0.1, 0.15) is 24.0 Å². The van der Waals surface area contributed by atoms with Crippen molar-refractivity contribution in [2.75, 3.05) is 0 Å². The standard InChI is InChI=1S/C11H11NO/c1-8-4-10(7-12-6-8)9-2-3-11(13)5-9/h4-7H,2-3H2,1H3. The number of rotatable bonds is 1. The third-order valence-corrected chi connectivity index (χ3v) is 2.22. The van der Waals surface area contributed by atoms with E-state index in [1.807, 2.05) is 19.3 Å². The van der Waals surface area contributed by atoms with Crippen molar-refractivity contribution in [2.24, 2.45) is 0 Å². The highest BCUT2D eigenvalue weighted by Crippen LogP contribution is 2.25. The van der Waals surface area contributed by atoms with Gasteiger partial charge in [0.25, 0.3) is 0 Å². The molecule has 0 N–H and O–H groups in total. The molecule has 1 heterocycles. The number of carbonyl (C=O) groups excluding carboxylic acids is 1. The summed E-state index contributed by atoms with van der Waals surface area (Å²) in [5.41, 5.74) is 3.35. The van der Waals surface area contributed by atoms with Gasteiger partial charge < -0.3 is 0 Å². The Labute approximate surface area is 77.3 Å². The minimum absolute atomic E-state index is 0.233. The summed E-state index contributed by atoms with van der Waals surface area (Å²) in [6.07, 6.45) is 6.89. The molecule has 66 valence electrons. The van der Waals surface area contributed by atoms with Gasteiger partial charge >= 0.3 is 0 Å². The first-order chi connectivity index (χ1) is 6.25. The molecule has 0 unspecified atom stereocenters. The minimum Gasteiger partial charge on any atom is -0.295 e. The number of carbonyl (C=O) groups is 1. The van der Waals surface area contributed by atoms with Crippen molar-refractivity contribution < 1.29 is 4.79 Å². The molecule has 1 aliphatic rings. The van der Waals surface area contributed by atoms with Crippen molar-refractivity contribution >= 4 is 11.4 Å². The number of pyridine rings is 1. The second-order valence-electron chi connectivity index (χ2n) is 3.39. The lowest BCUT2D eigenvalue weighted by Gasteiger charge is -2.00. The lowest BCUT2D eigenvalue weighted by atomic mass is 10.1. The second-order valence-corrected chi connectivity index (χ2v) is 3.39. The summed E-state index contributed by atoms with van der Waals surface area (Å²) >= 11 is 0. The van der Waals surface area contributed by atoms with Crippen molar-refractivity contribution in [2.45, 2.75) is 19.8 Å². The Morgan fingerprint density at radius 1 is 1.31 bits per heavy atom.